The molecule has 1 fully saturated rings. The molecule has 2 rings (SSSR count). The molecule has 1 heterocycles. The van der Waals surface area contributed by atoms with E-state index in [-0.39, 0.29) is 16.9 Å². The summed E-state index contributed by atoms with van der Waals surface area (Å²) in [6.07, 6.45) is 5.74. The van der Waals surface area contributed by atoms with Crippen molar-refractivity contribution in [1.29, 1.82) is 0 Å². The summed E-state index contributed by atoms with van der Waals surface area (Å²) in [6, 6.07) is -0.0742. The summed E-state index contributed by atoms with van der Waals surface area (Å²) >= 11 is 0. The Hall–Kier alpha value is -1.25. The highest BCUT2D eigenvalue weighted by molar-refractivity contribution is 7.89. The average Bonchev–Trinajstić information content (AvgIpc) is 3.12. The van der Waals surface area contributed by atoms with Gasteiger partial charge in [0.25, 0.3) is 0 Å². The standard InChI is InChI=1S/C10H17N5O2S/c1-7(4-8-2-3-8)15-18(16,17)9-5-12-10(14-11)13-6-9/h5-8,15H,2-4,11H2,1H3,(H,12,13,14). The van der Waals surface area contributed by atoms with Crippen molar-refractivity contribution in [2.75, 3.05) is 5.43 Å². The monoisotopic (exact) mass is 271 g/mol. The summed E-state index contributed by atoms with van der Waals surface area (Å²) in [5, 5.41) is 0. The van der Waals surface area contributed by atoms with Crippen LogP contribution in [0.5, 0.6) is 0 Å². The van der Waals surface area contributed by atoms with E-state index in [1.54, 1.807) is 0 Å². The zero-order valence-electron chi connectivity index (χ0n) is 10.1. The number of nitrogens with two attached hydrogens (primary N) is 1. The van der Waals surface area contributed by atoms with Gasteiger partial charge < -0.3 is 0 Å². The maximum atomic E-state index is 12.0. The van der Waals surface area contributed by atoms with Crippen molar-refractivity contribution in [2.45, 2.75) is 37.1 Å². The number of sulfonamides is 1. The predicted molar refractivity (Wildman–Crippen MR) is 67.0 cm³/mol. The van der Waals surface area contributed by atoms with E-state index in [0.717, 1.165) is 6.42 Å². The molecule has 0 saturated heterocycles. The lowest BCUT2D eigenvalue weighted by molar-refractivity contribution is 0.529. The van der Waals surface area contributed by atoms with Crippen LogP contribution in [0.2, 0.25) is 0 Å². The van der Waals surface area contributed by atoms with E-state index >= 15 is 0 Å². The van der Waals surface area contributed by atoms with Crippen LogP contribution in [-0.4, -0.2) is 24.4 Å². The minimum atomic E-state index is -3.55. The molecule has 4 N–H and O–H groups in total. The zero-order chi connectivity index (χ0) is 13.2. The Morgan fingerprint density at radius 3 is 2.56 bits per heavy atom. The van der Waals surface area contributed by atoms with Gasteiger partial charge in [-0.15, -0.1) is 0 Å². The molecule has 100 valence electrons. The molecule has 8 heteroatoms. The number of anilines is 1. The SMILES string of the molecule is CC(CC1CC1)NS(=O)(=O)c1cnc(NN)nc1. The number of nitrogen functional groups attached to an aromatic ring is 1. The van der Waals surface area contributed by atoms with Gasteiger partial charge in [-0.25, -0.2) is 29.0 Å². The number of hydrazine groups is 1. The molecule has 0 aliphatic heterocycles. The van der Waals surface area contributed by atoms with E-state index in [2.05, 4.69) is 20.1 Å². The smallest absolute Gasteiger partial charge is 0.243 e. The normalized spacial score (nSPS) is 17.4. The zero-order valence-corrected chi connectivity index (χ0v) is 10.9. The molecular formula is C10H17N5O2S. The van der Waals surface area contributed by atoms with Gasteiger partial charge in [-0.2, -0.15) is 0 Å². The summed E-state index contributed by atoms with van der Waals surface area (Å²) in [4.78, 5) is 7.60. The Morgan fingerprint density at radius 1 is 1.44 bits per heavy atom. The van der Waals surface area contributed by atoms with E-state index < -0.39 is 10.0 Å². The highest BCUT2D eigenvalue weighted by atomic mass is 32.2. The number of hydrogen-bond donors (Lipinski definition) is 3. The summed E-state index contributed by atoms with van der Waals surface area (Å²) in [5.74, 6) is 5.96. The van der Waals surface area contributed by atoms with Crippen LogP contribution in [0.1, 0.15) is 26.2 Å². The number of rotatable bonds is 6. The highest BCUT2D eigenvalue weighted by Crippen LogP contribution is 2.33. The first kappa shape index (κ1) is 13.2. The molecule has 0 amide bonds. The van der Waals surface area contributed by atoms with E-state index in [1.807, 2.05) is 6.92 Å². The molecule has 0 bridgehead atoms. The second kappa shape index (κ2) is 5.17. The van der Waals surface area contributed by atoms with Gasteiger partial charge in [-0.1, -0.05) is 12.8 Å². The first-order valence-electron chi connectivity index (χ1n) is 5.82. The molecule has 1 atom stereocenters. The third-order valence-corrected chi connectivity index (χ3v) is 4.35. The van der Waals surface area contributed by atoms with Crippen LogP contribution in [0.15, 0.2) is 17.3 Å². The molecule has 7 nitrogen and oxygen atoms in total. The van der Waals surface area contributed by atoms with E-state index in [1.165, 1.54) is 25.2 Å². The lowest BCUT2D eigenvalue weighted by Crippen LogP contribution is -2.33. The fraction of sp³-hybridized carbons (Fsp3) is 0.600. The van der Waals surface area contributed by atoms with Gasteiger partial charge in [0, 0.05) is 6.04 Å². The fourth-order valence-corrected chi connectivity index (χ4v) is 2.91. The van der Waals surface area contributed by atoms with Crippen molar-refractivity contribution in [1.82, 2.24) is 14.7 Å². The molecule has 0 aromatic carbocycles. The Labute approximate surface area is 106 Å². The van der Waals surface area contributed by atoms with Gasteiger partial charge in [0.05, 0.1) is 12.4 Å². The topological polar surface area (TPSA) is 110 Å². The van der Waals surface area contributed by atoms with E-state index in [9.17, 15) is 8.42 Å². The van der Waals surface area contributed by atoms with Crippen molar-refractivity contribution >= 4 is 16.0 Å². The Morgan fingerprint density at radius 2 is 2.06 bits per heavy atom. The predicted octanol–water partition coefficient (Wildman–Crippen LogP) is 0.229. The number of nitrogens with zero attached hydrogens (tertiary/aromatic N) is 2. The van der Waals surface area contributed by atoms with Crippen LogP contribution < -0.4 is 16.0 Å². The van der Waals surface area contributed by atoms with Crippen LogP contribution in [0, 0.1) is 5.92 Å². The van der Waals surface area contributed by atoms with Crippen molar-refractivity contribution in [3.8, 4) is 0 Å². The van der Waals surface area contributed by atoms with Crippen molar-refractivity contribution in [3.63, 3.8) is 0 Å². The van der Waals surface area contributed by atoms with E-state index in [0.29, 0.717) is 5.92 Å². The van der Waals surface area contributed by atoms with Gasteiger partial charge in [-0.05, 0) is 19.3 Å². The maximum Gasteiger partial charge on any atom is 0.243 e. The number of nitrogens with one attached hydrogen (secondary N) is 2. The highest BCUT2D eigenvalue weighted by Gasteiger charge is 2.26. The van der Waals surface area contributed by atoms with Crippen LogP contribution in [0.3, 0.4) is 0 Å². The number of aromatic nitrogens is 2. The van der Waals surface area contributed by atoms with Gasteiger partial charge in [-0.3, -0.25) is 5.43 Å². The largest absolute Gasteiger partial charge is 0.292 e. The Balaban J connectivity index is 2.03. The molecule has 1 unspecified atom stereocenters. The van der Waals surface area contributed by atoms with Crippen LogP contribution >= 0.6 is 0 Å². The van der Waals surface area contributed by atoms with E-state index in [4.69, 9.17) is 5.84 Å². The van der Waals surface area contributed by atoms with Gasteiger partial charge in [0.1, 0.15) is 4.90 Å². The van der Waals surface area contributed by atoms with Gasteiger partial charge in [0.15, 0.2) is 0 Å². The molecule has 0 radical (unpaired) electrons. The molecule has 1 aliphatic rings. The number of hydrogen-bond acceptors (Lipinski definition) is 6. The third kappa shape index (κ3) is 3.37. The molecule has 1 aliphatic carbocycles. The van der Waals surface area contributed by atoms with Crippen LogP contribution in [-0.2, 0) is 10.0 Å². The quantitative estimate of drug-likeness (QED) is 0.504. The maximum absolute atomic E-state index is 12.0. The second-order valence-electron chi connectivity index (χ2n) is 4.59. The van der Waals surface area contributed by atoms with Gasteiger partial charge >= 0.3 is 0 Å². The summed E-state index contributed by atoms with van der Waals surface area (Å²) in [7, 11) is -3.55. The average molecular weight is 271 g/mol. The minimum absolute atomic E-state index is 0.0455. The molecule has 1 aromatic rings. The van der Waals surface area contributed by atoms with Crippen molar-refractivity contribution in [3.05, 3.63) is 12.4 Å². The molecule has 0 spiro atoms. The van der Waals surface area contributed by atoms with Crippen molar-refractivity contribution < 1.29 is 8.42 Å². The third-order valence-electron chi connectivity index (χ3n) is 2.81. The van der Waals surface area contributed by atoms with Gasteiger partial charge in [0.2, 0.25) is 16.0 Å². The molecule has 1 saturated carbocycles. The lowest BCUT2D eigenvalue weighted by atomic mass is 10.2. The molecule has 1 aromatic heterocycles. The minimum Gasteiger partial charge on any atom is -0.292 e. The summed E-state index contributed by atoms with van der Waals surface area (Å²) < 4.78 is 26.6. The second-order valence-corrected chi connectivity index (χ2v) is 6.30. The van der Waals surface area contributed by atoms with Crippen LogP contribution in [0.25, 0.3) is 0 Å². The fourth-order valence-electron chi connectivity index (χ4n) is 1.76. The lowest BCUT2D eigenvalue weighted by Gasteiger charge is -2.13. The Kier molecular flexibility index (Phi) is 3.79. The first-order valence-corrected chi connectivity index (χ1v) is 7.30. The summed E-state index contributed by atoms with van der Waals surface area (Å²) in [6.45, 7) is 1.87. The van der Waals surface area contributed by atoms with Crippen LogP contribution in [0.4, 0.5) is 5.95 Å². The van der Waals surface area contributed by atoms with Crippen molar-refractivity contribution in [2.24, 2.45) is 11.8 Å². The first-order chi connectivity index (χ1) is 8.51. The molecule has 18 heavy (non-hydrogen) atoms. The Bertz CT molecular complexity index is 498. The summed E-state index contributed by atoms with van der Waals surface area (Å²) in [5.41, 5.74) is 2.24. The molecular weight excluding hydrogens is 254 g/mol.